The second-order valence-electron chi connectivity index (χ2n) is 4.03. The van der Waals surface area contributed by atoms with Crippen LogP contribution in [0.4, 0.5) is 0 Å². The van der Waals surface area contributed by atoms with Crippen molar-refractivity contribution >= 4 is 0 Å². The van der Waals surface area contributed by atoms with Crippen molar-refractivity contribution in [2.75, 3.05) is 7.11 Å². The Morgan fingerprint density at radius 3 is 2.71 bits per heavy atom. The Labute approximate surface area is 84.5 Å². The number of methoxy groups -OCH3 is 1. The minimum atomic E-state index is -0.538. The summed E-state index contributed by atoms with van der Waals surface area (Å²) in [7, 11) is 1.70. The van der Waals surface area contributed by atoms with Crippen LogP contribution in [0.1, 0.15) is 37.0 Å². The SMILES string of the molecule is COC(C)c1cccc(C2(O)CC2)c1. The van der Waals surface area contributed by atoms with Crippen LogP contribution in [-0.2, 0) is 10.3 Å². The Morgan fingerprint density at radius 1 is 1.43 bits per heavy atom. The minimum Gasteiger partial charge on any atom is -0.385 e. The zero-order valence-corrected chi connectivity index (χ0v) is 8.66. The molecular formula is C12H16O2. The first-order valence-corrected chi connectivity index (χ1v) is 5.01. The summed E-state index contributed by atoms with van der Waals surface area (Å²) in [6.07, 6.45) is 1.87. The van der Waals surface area contributed by atoms with Crippen molar-refractivity contribution in [1.29, 1.82) is 0 Å². The summed E-state index contributed by atoms with van der Waals surface area (Å²) < 4.78 is 5.24. The monoisotopic (exact) mass is 192 g/mol. The van der Waals surface area contributed by atoms with E-state index in [0.717, 1.165) is 24.0 Å². The molecule has 0 heterocycles. The van der Waals surface area contributed by atoms with Gasteiger partial charge in [0.15, 0.2) is 0 Å². The second kappa shape index (κ2) is 3.37. The van der Waals surface area contributed by atoms with E-state index in [1.807, 2.05) is 31.2 Å². The molecule has 0 spiro atoms. The zero-order chi connectivity index (χ0) is 10.2. The fraction of sp³-hybridized carbons (Fsp3) is 0.500. The lowest BCUT2D eigenvalue weighted by Crippen LogP contribution is -2.05. The fourth-order valence-electron chi connectivity index (χ4n) is 1.62. The molecule has 0 amide bonds. The third-order valence-electron chi connectivity index (χ3n) is 2.97. The van der Waals surface area contributed by atoms with Crippen molar-refractivity contribution < 1.29 is 9.84 Å². The fourth-order valence-corrected chi connectivity index (χ4v) is 1.62. The van der Waals surface area contributed by atoms with Gasteiger partial charge in [-0.25, -0.2) is 0 Å². The van der Waals surface area contributed by atoms with Crippen molar-refractivity contribution in [1.82, 2.24) is 0 Å². The number of benzene rings is 1. The highest BCUT2D eigenvalue weighted by atomic mass is 16.5. The molecule has 1 aliphatic carbocycles. The number of aliphatic hydroxyl groups is 1. The number of hydrogen-bond acceptors (Lipinski definition) is 2. The molecule has 0 bridgehead atoms. The summed E-state index contributed by atoms with van der Waals surface area (Å²) in [5.41, 5.74) is 1.62. The molecule has 0 radical (unpaired) electrons. The van der Waals surface area contributed by atoms with Crippen LogP contribution in [0, 0.1) is 0 Å². The highest BCUT2D eigenvalue weighted by Gasteiger charge is 2.42. The molecule has 1 fully saturated rings. The van der Waals surface area contributed by atoms with Crippen molar-refractivity contribution in [3.63, 3.8) is 0 Å². The smallest absolute Gasteiger partial charge is 0.0899 e. The summed E-state index contributed by atoms with van der Waals surface area (Å²) in [4.78, 5) is 0. The molecule has 1 aromatic carbocycles. The Kier molecular flexibility index (Phi) is 2.33. The first-order valence-electron chi connectivity index (χ1n) is 5.01. The van der Waals surface area contributed by atoms with Gasteiger partial charge in [0.2, 0.25) is 0 Å². The van der Waals surface area contributed by atoms with E-state index in [1.54, 1.807) is 7.11 Å². The molecular weight excluding hydrogens is 176 g/mol. The molecule has 14 heavy (non-hydrogen) atoms. The van der Waals surface area contributed by atoms with Gasteiger partial charge in [0.1, 0.15) is 0 Å². The van der Waals surface area contributed by atoms with Crippen molar-refractivity contribution in [2.45, 2.75) is 31.5 Å². The molecule has 1 N–H and O–H groups in total. The standard InChI is InChI=1S/C12H16O2/c1-9(14-2)10-4-3-5-11(8-10)12(13)6-7-12/h3-5,8-9,13H,6-7H2,1-2H3. The highest BCUT2D eigenvalue weighted by molar-refractivity contribution is 5.32. The van der Waals surface area contributed by atoms with Crippen LogP contribution in [-0.4, -0.2) is 12.2 Å². The van der Waals surface area contributed by atoms with Gasteiger partial charge < -0.3 is 9.84 Å². The van der Waals surface area contributed by atoms with Gasteiger partial charge >= 0.3 is 0 Å². The third kappa shape index (κ3) is 1.68. The van der Waals surface area contributed by atoms with E-state index in [4.69, 9.17) is 4.74 Å². The molecule has 1 aromatic rings. The molecule has 1 atom stereocenters. The first-order chi connectivity index (χ1) is 6.65. The van der Waals surface area contributed by atoms with E-state index in [-0.39, 0.29) is 6.10 Å². The first kappa shape index (κ1) is 9.69. The van der Waals surface area contributed by atoms with E-state index in [0.29, 0.717) is 0 Å². The number of hydrogen-bond donors (Lipinski definition) is 1. The molecule has 1 aliphatic rings. The average molecular weight is 192 g/mol. The van der Waals surface area contributed by atoms with Crippen LogP contribution in [0.3, 0.4) is 0 Å². The highest BCUT2D eigenvalue weighted by Crippen LogP contribution is 2.45. The quantitative estimate of drug-likeness (QED) is 0.796. The summed E-state index contributed by atoms with van der Waals surface area (Å²) in [5.74, 6) is 0. The predicted octanol–water partition coefficient (Wildman–Crippen LogP) is 2.38. The van der Waals surface area contributed by atoms with E-state index >= 15 is 0 Å². The molecule has 1 unspecified atom stereocenters. The van der Waals surface area contributed by atoms with E-state index < -0.39 is 5.60 Å². The van der Waals surface area contributed by atoms with Gasteiger partial charge in [-0.05, 0) is 30.9 Å². The maximum atomic E-state index is 9.94. The van der Waals surface area contributed by atoms with Gasteiger partial charge in [0.25, 0.3) is 0 Å². The maximum Gasteiger partial charge on any atom is 0.0899 e. The lowest BCUT2D eigenvalue weighted by Gasteiger charge is -2.13. The molecule has 0 aliphatic heterocycles. The Hall–Kier alpha value is -0.860. The van der Waals surface area contributed by atoms with Crippen LogP contribution in [0.2, 0.25) is 0 Å². The van der Waals surface area contributed by atoms with Gasteiger partial charge in [-0.3, -0.25) is 0 Å². The molecule has 0 aromatic heterocycles. The number of ether oxygens (including phenoxy) is 1. The Balaban J connectivity index is 2.27. The Bertz CT molecular complexity index is 329. The maximum absolute atomic E-state index is 9.94. The largest absolute Gasteiger partial charge is 0.385 e. The topological polar surface area (TPSA) is 29.5 Å². The lowest BCUT2D eigenvalue weighted by molar-refractivity contribution is 0.118. The van der Waals surface area contributed by atoms with Crippen LogP contribution >= 0.6 is 0 Å². The van der Waals surface area contributed by atoms with Crippen LogP contribution in [0.25, 0.3) is 0 Å². The molecule has 2 nitrogen and oxygen atoms in total. The van der Waals surface area contributed by atoms with Crippen LogP contribution < -0.4 is 0 Å². The van der Waals surface area contributed by atoms with Crippen molar-refractivity contribution in [2.24, 2.45) is 0 Å². The van der Waals surface area contributed by atoms with E-state index in [9.17, 15) is 5.11 Å². The van der Waals surface area contributed by atoms with Gasteiger partial charge in [-0.2, -0.15) is 0 Å². The van der Waals surface area contributed by atoms with Gasteiger partial charge in [0.05, 0.1) is 11.7 Å². The lowest BCUT2D eigenvalue weighted by atomic mass is 10.0. The van der Waals surface area contributed by atoms with Gasteiger partial charge in [-0.1, -0.05) is 24.3 Å². The summed E-state index contributed by atoms with van der Waals surface area (Å²) >= 11 is 0. The average Bonchev–Trinajstić information content (AvgIpc) is 2.97. The normalized spacial score (nSPS) is 20.5. The molecule has 0 saturated heterocycles. The van der Waals surface area contributed by atoms with Gasteiger partial charge in [0, 0.05) is 7.11 Å². The second-order valence-corrected chi connectivity index (χ2v) is 4.03. The third-order valence-corrected chi connectivity index (χ3v) is 2.97. The predicted molar refractivity (Wildman–Crippen MR) is 55.0 cm³/mol. The van der Waals surface area contributed by atoms with Gasteiger partial charge in [-0.15, -0.1) is 0 Å². The minimum absolute atomic E-state index is 0.0947. The summed E-state index contributed by atoms with van der Waals surface area (Å²) in [6.45, 7) is 2.01. The van der Waals surface area contributed by atoms with Crippen molar-refractivity contribution in [3.8, 4) is 0 Å². The van der Waals surface area contributed by atoms with Crippen LogP contribution in [0.5, 0.6) is 0 Å². The molecule has 2 heteroatoms. The molecule has 2 rings (SSSR count). The number of rotatable bonds is 3. The zero-order valence-electron chi connectivity index (χ0n) is 8.66. The van der Waals surface area contributed by atoms with Crippen molar-refractivity contribution in [3.05, 3.63) is 35.4 Å². The molecule has 1 saturated carbocycles. The Morgan fingerprint density at radius 2 is 2.14 bits per heavy atom. The van der Waals surface area contributed by atoms with Crippen LogP contribution in [0.15, 0.2) is 24.3 Å². The van der Waals surface area contributed by atoms with E-state index in [2.05, 4.69) is 0 Å². The van der Waals surface area contributed by atoms with E-state index in [1.165, 1.54) is 0 Å². The molecule has 76 valence electrons. The summed E-state index contributed by atoms with van der Waals surface area (Å²) in [5, 5.41) is 9.94. The summed E-state index contributed by atoms with van der Waals surface area (Å²) in [6, 6.07) is 8.04.